The zero-order chi connectivity index (χ0) is 20.4. The van der Waals surface area contributed by atoms with Gasteiger partial charge < -0.3 is 5.32 Å². The van der Waals surface area contributed by atoms with Gasteiger partial charge in [-0.1, -0.05) is 35.0 Å². The van der Waals surface area contributed by atoms with Gasteiger partial charge in [0.15, 0.2) is 0 Å². The molecule has 0 aliphatic carbocycles. The van der Waals surface area contributed by atoms with Crippen molar-refractivity contribution in [3.8, 4) is 0 Å². The molecule has 9 heteroatoms. The van der Waals surface area contributed by atoms with Crippen molar-refractivity contribution in [3.63, 3.8) is 0 Å². The summed E-state index contributed by atoms with van der Waals surface area (Å²) in [4.78, 5) is 25.1. The van der Waals surface area contributed by atoms with Crippen LogP contribution in [0.5, 0.6) is 0 Å². The summed E-state index contributed by atoms with van der Waals surface area (Å²) in [6, 6.07) is 9.75. The minimum Gasteiger partial charge on any atom is -0.352 e. The highest BCUT2D eigenvalue weighted by Crippen LogP contribution is 2.20. The van der Waals surface area contributed by atoms with Crippen molar-refractivity contribution >= 4 is 49.2 Å². The molecule has 0 spiro atoms. The lowest BCUT2D eigenvalue weighted by atomic mass is 10.2. The fraction of sp³-hybridized carbons (Fsp3) is 0.300. The van der Waals surface area contributed by atoms with Crippen LogP contribution in [0.25, 0.3) is 16.0 Å². The van der Waals surface area contributed by atoms with E-state index in [1.165, 1.54) is 11.3 Å². The van der Waals surface area contributed by atoms with Gasteiger partial charge in [-0.15, -0.1) is 21.5 Å². The van der Waals surface area contributed by atoms with Crippen molar-refractivity contribution in [2.24, 2.45) is 0 Å². The summed E-state index contributed by atoms with van der Waals surface area (Å²) in [5.74, 6) is 1.17. The molecule has 3 aromatic heterocycles. The second-order valence-corrected chi connectivity index (χ2v) is 8.58. The number of hydrogen-bond acceptors (Lipinski definition) is 5. The molecular formula is C20H20BrN5O2S. The molecule has 0 aliphatic rings. The minimum atomic E-state index is -0.0480. The van der Waals surface area contributed by atoms with E-state index in [1.54, 1.807) is 4.57 Å². The molecule has 7 nitrogen and oxygen atoms in total. The normalized spacial score (nSPS) is 11.4. The fourth-order valence-corrected chi connectivity index (χ4v) is 4.37. The van der Waals surface area contributed by atoms with Crippen molar-refractivity contribution in [2.45, 2.75) is 39.3 Å². The maximum atomic E-state index is 12.7. The Hall–Kier alpha value is -2.52. The summed E-state index contributed by atoms with van der Waals surface area (Å²) in [5, 5.41) is 13.4. The van der Waals surface area contributed by atoms with Gasteiger partial charge in [0.25, 0.3) is 5.56 Å². The van der Waals surface area contributed by atoms with Crippen LogP contribution in [0.1, 0.15) is 31.2 Å². The van der Waals surface area contributed by atoms with E-state index in [1.807, 2.05) is 47.0 Å². The third kappa shape index (κ3) is 3.97. The number of nitrogens with one attached hydrogen (secondary N) is 1. The SMILES string of the molecule is CCCn1c(=O)c2sccc2n2c(CCC(=O)NCc3ccc(Br)cc3)nnc12. The number of aryl methyl sites for hydroxylation is 2. The van der Waals surface area contributed by atoms with E-state index in [4.69, 9.17) is 0 Å². The number of carbonyl (C=O) groups excluding carboxylic acids is 1. The third-order valence-corrected chi connectivity index (χ3v) is 6.13. The number of amides is 1. The maximum absolute atomic E-state index is 12.7. The van der Waals surface area contributed by atoms with Gasteiger partial charge in [0.1, 0.15) is 10.5 Å². The van der Waals surface area contributed by atoms with E-state index in [-0.39, 0.29) is 11.5 Å². The molecule has 0 bridgehead atoms. The van der Waals surface area contributed by atoms with E-state index in [9.17, 15) is 9.59 Å². The molecule has 4 aromatic rings. The number of carbonyl (C=O) groups is 1. The van der Waals surface area contributed by atoms with E-state index in [0.717, 1.165) is 22.0 Å². The molecule has 0 saturated carbocycles. The van der Waals surface area contributed by atoms with Crippen molar-refractivity contribution < 1.29 is 4.79 Å². The number of thiophene rings is 1. The van der Waals surface area contributed by atoms with Crippen LogP contribution in [-0.4, -0.2) is 25.1 Å². The molecule has 1 aromatic carbocycles. The molecule has 0 atom stereocenters. The molecular weight excluding hydrogens is 454 g/mol. The van der Waals surface area contributed by atoms with Crippen LogP contribution < -0.4 is 10.9 Å². The first-order chi connectivity index (χ1) is 14.1. The highest BCUT2D eigenvalue weighted by Gasteiger charge is 2.17. The van der Waals surface area contributed by atoms with Crippen LogP contribution in [0.2, 0.25) is 0 Å². The molecule has 1 amide bonds. The second-order valence-electron chi connectivity index (χ2n) is 6.75. The Morgan fingerprint density at radius 1 is 1.21 bits per heavy atom. The summed E-state index contributed by atoms with van der Waals surface area (Å²) in [5.41, 5.74) is 1.81. The monoisotopic (exact) mass is 473 g/mol. The molecule has 29 heavy (non-hydrogen) atoms. The summed E-state index contributed by atoms with van der Waals surface area (Å²) in [6.07, 6.45) is 1.57. The average Bonchev–Trinajstić information content (AvgIpc) is 3.36. The van der Waals surface area contributed by atoms with Crippen molar-refractivity contribution in [1.82, 2.24) is 24.5 Å². The van der Waals surface area contributed by atoms with Gasteiger partial charge in [0, 0.05) is 30.4 Å². The van der Waals surface area contributed by atoms with E-state index < -0.39 is 0 Å². The first-order valence-electron chi connectivity index (χ1n) is 9.43. The highest BCUT2D eigenvalue weighted by molar-refractivity contribution is 9.10. The van der Waals surface area contributed by atoms with Gasteiger partial charge in [-0.05, 0) is 35.6 Å². The summed E-state index contributed by atoms with van der Waals surface area (Å²) in [6.45, 7) is 3.09. The summed E-state index contributed by atoms with van der Waals surface area (Å²) >= 11 is 4.82. The quantitative estimate of drug-likeness (QED) is 0.445. The van der Waals surface area contributed by atoms with Crippen LogP contribution in [0.3, 0.4) is 0 Å². The van der Waals surface area contributed by atoms with Gasteiger partial charge in [0.05, 0.1) is 5.52 Å². The highest BCUT2D eigenvalue weighted by atomic mass is 79.9. The number of nitrogens with zero attached hydrogens (tertiary/aromatic N) is 4. The Balaban J connectivity index is 1.53. The maximum Gasteiger partial charge on any atom is 0.272 e. The van der Waals surface area contributed by atoms with E-state index in [0.29, 0.717) is 42.2 Å². The second kappa shape index (κ2) is 8.46. The molecule has 0 saturated heterocycles. The Morgan fingerprint density at radius 3 is 2.76 bits per heavy atom. The lowest BCUT2D eigenvalue weighted by molar-refractivity contribution is -0.121. The van der Waals surface area contributed by atoms with Gasteiger partial charge >= 0.3 is 0 Å². The molecule has 0 radical (unpaired) electrons. The first kappa shape index (κ1) is 19.8. The first-order valence-corrected chi connectivity index (χ1v) is 11.1. The predicted octanol–water partition coefficient (Wildman–Crippen LogP) is 3.53. The van der Waals surface area contributed by atoms with Crippen LogP contribution in [0.15, 0.2) is 45.0 Å². The van der Waals surface area contributed by atoms with Crippen LogP contribution in [-0.2, 0) is 24.3 Å². The molecule has 150 valence electrons. The van der Waals surface area contributed by atoms with Gasteiger partial charge in [0.2, 0.25) is 11.7 Å². The van der Waals surface area contributed by atoms with Gasteiger partial charge in [-0.2, -0.15) is 0 Å². The number of rotatable bonds is 7. The number of halogens is 1. The number of fused-ring (bicyclic) bond motifs is 3. The predicted molar refractivity (Wildman–Crippen MR) is 117 cm³/mol. The van der Waals surface area contributed by atoms with Crippen LogP contribution in [0.4, 0.5) is 0 Å². The van der Waals surface area contributed by atoms with Crippen molar-refractivity contribution in [3.05, 3.63) is 61.9 Å². The molecule has 0 aliphatic heterocycles. The van der Waals surface area contributed by atoms with Gasteiger partial charge in [-0.3, -0.25) is 18.6 Å². The Bertz CT molecular complexity index is 1230. The standard InChI is InChI=1S/C20H20BrN5O2S/c1-2-10-25-19(28)18-15(9-11-29-18)26-16(23-24-20(25)26)7-8-17(27)22-12-13-3-5-14(21)6-4-13/h3-6,9,11H,2,7-8,10,12H2,1H3,(H,22,27). The molecule has 0 unspecified atom stereocenters. The topological polar surface area (TPSA) is 81.3 Å². The van der Waals surface area contributed by atoms with Crippen molar-refractivity contribution in [1.29, 1.82) is 0 Å². The minimum absolute atomic E-state index is 0.0319. The smallest absolute Gasteiger partial charge is 0.272 e. The summed E-state index contributed by atoms with van der Waals surface area (Å²) in [7, 11) is 0. The molecule has 1 N–H and O–H groups in total. The van der Waals surface area contributed by atoms with Gasteiger partial charge in [-0.25, -0.2) is 0 Å². The Morgan fingerprint density at radius 2 is 2.00 bits per heavy atom. The Labute approximate surface area is 179 Å². The zero-order valence-electron chi connectivity index (χ0n) is 15.9. The lowest BCUT2D eigenvalue weighted by Crippen LogP contribution is -2.24. The van der Waals surface area contributed by atoms with Crippen LogP contribution >= 0.6 is 27.3 Å². The summed E-state index contributed by atoms with van der Waals surface area (Å²) < 4.78 is 5.27. The number of benzene rings is 1. The van der Waals surface area contributed by atoms with Crippen molar-refractivity contribution in [2.75, 3.05) is 0 Å². The number of aromatic nitrogens is 4. The molecule has 0 fully saturated rings. The average molecular weight is 474 g/mol. The fourth-order valence-electron chi connectivity index (χ4n) is 3.28. The lowest BCUT2D eigenvalue weighted by Gasteiger charge is -2.08. The van der Waals surface area contributed by atoms with Crippen LogP contribution in [0, 0.1) is 0 Å². The molecule has 3 heterocycles. The molecule has 4 rings (SSSR count). The Kier molecular flexibility index (Phi) is 5.77. The van der Waals surface area contributed by atoms with E-state index in [2.05, 4.69) is 31.4 Å². The largest absolute Gasteiger partial charge is 0.352 e. The number of hydrogen-bond donors (Lipinski definition) is 1. The van der Waals surface area contributed by atoms with E-state index >= 15 is 0 Å². The zero-order valence-corrected chi connectivity index (χ0v) is 18.3. The third-order valence-electron chi connectivity index (χ3n) is 4.70.